The maximum atomic E-state index is 2.40. The predicted molar refractivity (Wildman–Crippen MR) is 84.1 cm³/mol. The standard InChI is InChI=1S/C19H20/c1-3-14(2)16-11-12-17(13-16)19-10-6-8-15-7-4-5-9-18(15)19/h4-10,12-14H,3,11H2,1-2H3. The third-order valence-electron chi connectivity index (χ3n) is 4.24. The van der Waals surface area contributed by atoms with Gasteiger partial charge < -0.3 is 0 Å². The molecule has 0 N–H and O–H groups in total. The average Bonchev–Trinajstić information content (AvgIpc) is 2.95. The number of rotatable bonds is 3. The summed E-state index contributed by atoms with van der Waals surface area (Å²) in [5.41, 5.74) is 4.34. The molecule has 1 unspecified atom stereocenters. The van der Waals surface area contributed by atoms with Gasteiger partial charge in [-0.1, -0.05) is 74.0 Å². The van der Waals surface area contributed by atoms with E-state index in [1.54, 1.807) is 5.57 Å². The highest BCUT2D eigenvalue weighted by Gasteiger charge is 2.14. The Morgan fingerprint density at radius 1 is 1.05 bits per heavy atom. The Balaban J connectivity index is 2.05. The SMILES string of the molecule is CCC(C)C1=CC(c2cccc3ccccc23)=CC1. The fraction of sp³-hybridized carbons (Fsp3) is 0.263. The second kappa shape index (κ2) is 5.05. The number of hydrogen-bond donors (Lipinski definition) is 0. The second-order valence-electron chi connectivity index (χ2n) is 5.42. The summed E-state index contributed by atoms with van der Waals surface area (Å²) in [6, 6.07) is 15.2. The van der Waals surface area contributed by atoms with Crippen LogP contribution >= 0.6 is 0 Å². The van der Waals surface area contributed by atoms with E-state index in [2.05, 4.69) is 68.5 Å². The number of allylic oxidation sites excluding steroid dienone is 4. The summed E-state index contributed by atoms with van der Waals surface area (Å²) in [6.07, 6.45) is 7.12. The first-order valence-corrected chi connectivity index (χ1v) is 7.18. The lowest BCUT2D eigenvalue weighted by Crippen LogP contribution is -1.94. The molecule has 2 aromatic carbocycles. The topological polar surface area (TPSA) is 0 Å². The molecule has 0 fully saturated rings. The Labute approximate surface area is 115 Å². The van der Waals surface area contributed by atoms with E-state index in [1.807, 2.05) is 0 Å². The molecule has 0 heteroatoms. The quantitative estimate of drug-likeness (QED) is 0.663. The lowest BCUT2D eigenvalue weighted by Gasteiger charge is -2.09. The monoisotopic (exact) mass is 248 g/mol. The summed E-state index contributed by atoms with van der Waals surface area (Å²) >= 11 is 0. The van der Waals surface area contributed by atoms with Crippen molar-refractivity contribution >= 4 is 16.3 Å². The van der Waals surface area contributed by atoms with Crippen LogP contribution in [0.15, 0.2) is 60.2 Å². The third kappa shape index (κ3) is 2.23. The van der Waals surface area contributed by atoms with Gasteiger partial charge in [-0.05, 0) is 40.7 Å². The van der Waals surface area contributed by atoms with E-state index in [0.29, 0.717) is 5.92 Å². The smallest absolute Gasteiger partial charge is 0.0106 e. The number of hydrogen-bond acceptors (Lipinski definition) is 0. The van der Waals surface area contributed by atoms with Crippen molar-refractivity contribution < 1.29 is 0 Å². The highest BCUT2D eigenvalue weighted by molar-refractivity contribution is 5.96. The Kier molecular flexibility index (Phi) is 3.25. The van der Waals surface area contributed by atoms with Gasteiger partial charge in [-0.3, -0.25) is 0 Å². The minimum absolute atomic E-state index is 0.698. The van der Waals surface area contributed by atoms with Gasteiger partial charge in [0.2, 0.25) is 0 Å². The van der Waals surface area contributed by atoms with Gasteiger partial charge in [-0.15, -0.1) is 0 Å². The molecule has 0 saturated carbocycles. The van der Waals surface area contributed by atoms with Crippen LogP contribution in [-0.2, 0) is 0 Å². The van der Waals surface area contributed by atoms with Crippen molar-refractivity contribution in [1.82, 2.24) is 0 Å². The van der Waals surface area contributed by atoms with Crippen LogP contribution < -0.4 is 0 Å². The van der Waals surface area contributed by atoms with Crippen LogP contribution in [0.2, 0.25) is 0 Å². The van der Waals surface area contributed by atoms with E-state index < -0.39 is 0 Å². The molecule has 2 aromatic rings. The Bertz CT molecular complexity index is 653. The van der Waals surface area contributed by atoms with Gasteiger partial charge in [-0.2, -0.15) is 0 Å². The summed E-state index contributed by atoms with van der Waals surface area (Å²) in [6.45, 7) is 4.59. The molecule has 0 bridgehead atoms. The van der Waals surface area contributed by atoms with Crippen LogP contribution in [0, 0.1) is 5.92 Å². The molecule has 0 heterocycles. The molecule has 0 spiro atoms. The van der Waals surface area contributed by atoms with Crippen molar-refractivity contribution in [2.45, 2.75) is 26.7 Å². The fourth-order valence-electron chi connectivity index (χ4n) is 2.82. The molecule has 1 atom stereocenters. The summed E-state index contributed by atoms with van der Waals surface area (Å²) in [5.74, 6) is 0.698. The summed E-state index contributed by atoms with van der Waals surface area (Å²) < 4.78 is 0. The van der Waals surface area contributed by atoms with Crippen LogP contribution in [-0.4, -0.2) is 0 Å². The molecular weight excluding hydrogens is 228 g/mol. The van der Waals surface area contributed by atoms with E-state index in [1.165, 1.54) is 28.3 Å². The van der Waals surface area contributed by atoms with Gasteiger partial charge in [0.25, 0.3) is 0 Å². The Morgan fingerprint density at radius 2 is 1.84 bits per heavy atom. The Hall–Kier alpha value is -1.82. The maximum absolute atomic E-state index is 2.40. The van der Waals surface area contributed by atoms with Crippen LogP contribution in [0.4, 0.5) is 0 Å². The average molecular weight is 248 g/mol. The summed E-state index contributed by atoms with van der Waals surface area (Å²) in [4.78, 5) is 0. The van der Waals surface area contributed by atoms with Gasteiger partial charge in [0, 0.05) is 0 Å². The number of fused-ring (bicyclic) bond motifs is 1. The van der Waals surface area contributed by atoms with Crippen molar-refractivity contribution in [3.05, 3.63) is 65.8 Å². The van der Waals surface area contributed by atoms with Crippen molar-refractivity contribution in [1.29, 1.82) is 0 Å². The van der Waals surface area contributed by atoms with Gasteiger partial charge in [0.15, 0.2) is 0 Å². The molecule has 3 rings (SSSR count). The summed E-state index contributed by atoms with van der Waals surface area (Å²) in [5, 5.41) is 2.68. The van der Waals surface area contributed by atoms with Crippen molar-refractivity contribution in [3.8, 4) is 0 Å². The zero-order valence-corrected chi connectivity index (χ0v) is 11.7. The first kappa shape index (κ1) is 12.2. The van der Waals surface area contributed by atoms with Crippen LogP contribution in [0.3, 0.4) is 0 Å². The van der Waals surface area contributed by atoms with Crippen LogP contribution in [0.25, 0.3) is 16.3 Å². The molecule has 0 amide bonds. The van der Waals surface area contributed by atoms with Gasteiger partial charge in [0.05, 0.1) is 0 Å². The van der Waals surface area contributed by atoms with E-state index in [0.717, 1.165) is 6.42 Å². The molecule has 0 aliphatic heterocycles. The van der Waals surface area contributed by atoms with Gasteiger partial charge >= 0.3 is 0 Å². The first-order valence-electron chi connectivity index (χ1n) is 7.18. The molecule has 0 aromatic heterocycles. The molecule has 19 heavy (non-hydrogen) atoms. The van der Waals surface area contributed by atoms with Crippen molar-refractivity contribution in [2.24, 2.45) is 5.92 Å². The molecular formula is C19H20. The molecule has 1 aliphatic rings. The minimum atomic E-state index is 0.698. The zero-order chi connectivity index (χ0) is 13.2. The summed E-state index contributed by atoms with van der Waals surface area (Å²) in [7, 11) is 0. The van der Waals surface area contributed by atoms with Crippen molar-refractivity contribution in [2.75, 3.05) is 0 Å². The van der Waals surface area contributed by atoms with E-state index in [4.69, 9.17) is 0 Å². The third-order valence-corrected chi connectivity index (χ3v) is 4.24. The maximum Gasteiger partial charge on any atom is -0.0106 e. The van der Waals surface area contributed by atoms with Crippen molar-refractivity contribution in [3.63, 3.8) is 0 Å². The molecule has 1 aliphatic carbocycles. The van der Waals surface area contributed by atoms with Gasteiger partial charge in [-0.25, -0.2) is 0 Å². The van der Waals surface area contributed by atoms with Crippen LogP contribution in [0.5, 0.6) is 0 Å². The zero-order valence-electron chi connectivity index (χ0n) is 11.7. The minimum Gasteiger partial charge on any atom is -0.0726 e. The molecule has 0 radical (unpaired) electrons. The molecule has 0 nitrogen and oxygen atoms in total. The predicted octanol–water partition coefficient (Wildman–Crippen LogP) is 5.60. The number of benzene rings is 2. The first-order chi connectivity index (χ1) is 9.29. The highest BCUT2D eigenvalue weighted by Crippen LogP contribution is 2.34. The van der Waals surface area contributed by atoms with Gasteiger partial charge in [0.1, 0.15) is 0 Å². The van der Waals surface area contributed by atoms with E-state index in [-0.39, 0.29) is 0 Å². The largest absolute Gasteiger partial charge is 0.0726 e. The normalized spacial score (nSPS) is 16.3. The fourth-order valence-corrected chi connectivity index (χ4v) is 2.82. The highest BCUT2D eigenvalue weighted by atomic mass is 14.2. The lowest BCUT2D eigenvalue weighted by molar-refractivity contribution is 0.646. The lowest BCUT2D eigenvalue weighted by atomic mass is 9.96. The van der Waals surface area contributed by atoms with E-state index in [9.17, 15) is 0 Å². The molecule has 0 saturated heterocycles. The Morgan fingerprint density at radius 3 is 2.68 bits per heavy atom. The van der Waals surface area contributed by atoms with E-state index >= 15 is 0 Å². The second-order valence-corrected chi connectivity index (χ2v) is 5.42. The molecule has 96 valence electrons. The van der Waals surface area contributed by atoms with Crippen LogP contribution in [0.1, 0.15) is 32.3 Å².